The minimum atomic E-state index is -0.896. The van der Waals surface area contributed by atoms with E-state index in [1.54, 1.807) is 19.1 Å². The standard InChI is InChI=1S/C28H25NO5/c1-16-24(27(31)32)26(18-6-3-2-4-7-18)25(16)28(33)34-21-9-5-8-19(14-21)20-11-10-17-12-13-23(30)29-22(17)15-20/h2-11,14-16,24-26H,12-13H2,1H3,(H,29,30)(H,31,32)/t16?,24-,25+,26-/m1/s1. The monoisotopic (exact) mass is 455 g/mol. The van der Waals surface area contributed by atoms with E-state index in [9.17, 15) is 19.5 Å². The van der Waals surface area contributed by atoms with Gasteiger partial charge >= 0.3 is 11.9 Å². The largest absolute Gasteiger partial charge is 0.481 e. The van der Waals surface area contributed by atoms with Crippen molar-refractivity contribution in [3.63, 3.8) is 0 Å². The van der Waals surface area contributed by atoms with E-state index >= 15 is 0 Å². The molecule has 2 aliphatic rings. The van der Waals surface area contributed by atoms with Crippen molar-refractivity contribution in [1.29, 1.82) is 0 Å². The molecule has 1 saturated carbocycles. The van der Waals surface area contributed by atoms with Gasteiger partial charge in [0.15, 0.2) is 0 Å². The molecule has 0 radical (unpaired) electrons. The van der Waals surface area contributed by atoms with Crippen LogP contribution in [0.4, 0.5) is 5.69 Å². The van der Waals surface area contributed by atoms with Crippen LogP contribution in [0.15, 0.2) is 72.8 Å². The molecule has 0 aromatic heterocycles. The quantitative estimate of drug-likeness (QED) is 0.422. The Morgan fingerprint density at radius 1 is 0.912 bits per heavy atom. The van der Waals surface area contributed by atoms with E-state index in [-0.39, 0.29) is 11.8 Å². The van der Waals surface area contributed by atoms with Crippen LogP contribution in [-0.2, 0) is 20.8 Å². The van der Waals surface area contributed by atoms with Crippen molar-refractivity contribution in [3.05, 3.63) is 83.9 Å². The molecule has 1 fully saturated rings. The molecule has 1 unspecified atom stereocenters. The lowest BCUT2D eigenvalue weighted by Gasteiger charge is -2.47. The highest BCUT2D eigenvalue weighted by atomic mass is 16.5. The SMILES string of the molecule is CC1[C@@H](C(=O)O)[C@@H](c2ccccc2)[C@H]1C(=O)Oc1cccc(-c2ccc3c(c2)NC(=O)CC3)c1. The van der Waals surface area contributed by atoms with Gasteiger partial charge in [0.2, 0.25) is 5.91 Å². The maximum Gasteiger partial charge on any atom is 0.315 e. The number of benzene rings is 3. The third-order valence-corrected chi connectivity index (χ3v) is 7.04. The van der Waals surface area contributed by atoms with Crippen molar-refractivity contribution in [2.45, 2.75) is 25.7 Å². The van der Waals surface area contributed by atoms with E-state index in [1.807, 2.05) is 60.7 Å². The molecule has 1 aliphatic heterocycles. The second kappa shape index (κ2) is 8.78. The first-order valence-corrected chi connectivity index (χ1v) is 11.4. The predicted molar refractivity (Wildman–Crippen MR) is 127 cm³/mol. The maximum absolute atomic E-state index is 13.2. The van der Waals surface area contributed by atoms with Crippen LogP contribution in [0, 0.1) is 17.8 Å². The van der Waals surface area contributed by atoms with Crippen molar-refractivity contribution >= 4 is 23.5 Å². The molecular weight excluding hydrogens is 430 g/mol. The molecule has 1 heterocycles. The Hall–Kier alpha value is -3.93. The summed E-state index contributed by atoms with van der Waals surface area (Å²) in [7, 11) is 0. The zero-order chi connectivity index (χ0) is 23.8. The van der Waals surface area contributed by atoms with E-state index < -0.39 is 29.7 Å². The summed E-state index contributed by atoms with van der Waals surface area (Å²) < 4.78 is 5.76. The van der Waals surface area contributed by atoms with E-state index in [2.05, 4.69) is 5.32 Å². The van der Waals surface area contributed by atoms with Crippen LogP contribution in [0.3, 0.4) is 0 Å². The third-order valence-electron chi connectivity index (χ3n) is 7.04. The molecule has 6 nitrogen and oxygen atoms in total. The fourth-order valence-electron chi connectivity index (χ4n) is 5.26. The molecule has 5 rings (SSSR count). The number of fused-ring (bicyclic) bond motifs is 1. The zero-order valence-corrected chi connectivity index (χ0v) is 18.7. The number of carbonyl (C=O) groups is 3. The number of carboxylic acid groups (broad SMARTS) is 1. The van der Waals surface area contributed by atoms with Gasteiger partial charge in [-0.15, -0.1) is 0 Å². The zero-order valence-electron chi connectivity index (χ0n) is 18.7. The fourth-order valence-corrected chi connectivity index (χ4v) is 5.26. The summed E-state index contributed by atoms with van der Waals surface area (Å²) in [6.07, 6.45) is 1.21. The molecule has 1 amide bonds. The lowest BCUT2D eigenvalue weighted by atomic mass is 9.55. The van der Waals surface area contributed by atoms with E-state index in [1.165, 1.54) is 0 Å². The number of carboxylic acids is 1. The highest BCUT2D eigenvalue weighted by Gasteiger charge is 2.56. The number of esters is 1. The lowest BCUT2D eigenvalue weighted by Crippen LogP contribution is -2.52. The summed E-state index contributed by atoms with van der Waals surface area (Å²) in [5.74, 6) is -2.82. The van der Waals surface area contributed by atoms with Crippen molar-refractivity contribution in [3.8, 4) is 16.9 Å². The van der Waals surface area contributed by atoms with Crippen molar-refractivity contribution in [1.82, 2.24) is 0 Å². The van der Waals surface area contributed by atoms with E-state index in [0.29, 0.717) is 12.2 Å². The lowest BCUT2D eigenvalue weighted by molar-refractivity contribution is -0.162. The number of aliphatic carboxylic acids is 1. The first kappa shape index (κ1) is 21.9. The van der Waals surface area contributed by atoms with Crippen LogP contribution in [0.2, 0.25) is 0 Å². The Bertz CT molecular complexity index is 1270. The fraction of sp³-hybridized carbons (Fsp3) is 0.250. The van der Waals surface area contributed by atoms with Gasteiger partial charge in [-0.1, -0.05) is 61.5 Å². The van der Waals surface area contributed by atoms with Gasteiger partial charge in [-0.05, 0) is 52.8 Å². The summed E-state index contributed by atoms with van der Waals surface area (Å²) in [6.45, 7) is 1.79. The van der Waals surface area contributed by atoms with Gasteiger partial charge in [-0.25, -0.2) is 0 Å². The number of hydrogen-bond acceptors (Lipinski definition) is 4. The van der Waals surface area contributed by atoms with E-state index in [0.717, 1.165) is 34.4 Å². The molecule has 34 heavy (non-hydrogen) atoms. The molecule has 6 heteroatoms. The van der Waals surface area contributed by atoms with Crippen LogP contribution < -0.4 is 10.1 Å². The topological polar surface area (TPSA) is 92.7 Å². The highest BCUT2D eigenvalue weighted by molar-refractivity contribution is 5.95. The number of nitrogens with one attached hydrogen (secondary N) is 1. The molecule has 0 bridgehead atoms. The van der Waals surface area contributed by atoms with Crippen LogP contribution in [-0.4, -0.2) is 23.0 Å². The Morgan fingerprint density at radius 3 is 2.44 bits per heavy atom. The smallest absolute Gasteiger partial charge is 0.315 e. The van der Waals surface area contributed by atoms with Gasteiger partial charge in [-0.2, -0.15) is 0 Å². The number of ether oxygens (including phenoxy) is 1. The minimum Gasteiger partial charge on any atom is -0.481 e. The molecule has 3 aromatic carbocycles. The van der Waals surface area contributed by atoms with Gasteiger partial charge in [0, 0.05) is 18.0 Å². The second-order valence-electron chi connectivity index (χ2n) is 9.05. The minimum absolute atomic E-state index is 0.00887. The van der Waals surface area contributed by atoms with Gasteiger partial charge in [0.1, 0.15) is 5.75 Å². The van der Waals surface area contributed by atoms with Crippen molar-refractivity contribution in [2.75, 3.05) is 5.32 Å². The molecule has 0 spiro atoms. The summed E-state index contributed by atoms with van der Waals surface area (Å²) >= 11 is 0. The highest BCUT2D eigenvalue weighted by Crippen LogP contribution is 2.52. The Morgan fingerprint density at radius 2 is 1.68 bits per heavy atom. The predicted octanol–water partition coefficient (Wildman–Crippen LogP) is 4.89. The van der Waals surface area contributed by atoms with Crippen LogP contribution in [0.25, 0.3) is 11.1 Å². The van der Waals surface area contributed by atoms with E-state index in [4.69, 9.17) is 4.74 Å². The summed E-state index contributed by atoms with van der Waals surface area (Å²) in [6, 6.07) is 22.5. The number of aryl methyl sites for hydroxylation is 1. The van der Waals surface area contributed by atoms with Crippen LogP contribution in [0.5, 0.6) is 5.75 Å². The number of hydrogen-bond donors (Lipinski definition) is 2. The third kappa shape index (κ3) is 3.96. The Labute approximate surface area is 197 Å². The van der Waals surface area contributed by atoms with Gasteiger partial charge < -0.3 is 15.2 Å². The Balaban J connectivity index is 1.37. The first-order chi connectivity index (χ1) is 16.4. The van der Waals surface area contributed by atoms with Crippen molar-refractivity contribution in [2.24, 2.45) is 17.8 Å². The summed E-state index contributed by atoms with van der Waals surface area (Å²) in [4.78, 5) is 36.8. The molecule has 4 atom stereocenters. The van der Waals surface area contributed by atoms with Gasteiger partial charge in [0.05, 0.1) is 11.8 Å². The normalized spacial score (nSPS) is 23.3. The van der Waals surface area contributed by atoms with Gasteiger partial charge in [0.25, 0.3) is 0 Å². The molecule has 0 saturated heterocycles. The maximum atomic E-state index is 13.2. The molecular formula is C28H25NO5. The molecule has 3 aromatic rings. The molecule has 172 valence electrons. The average molecular weight is 456 g/mol. The van der Waals surface area contributed by atoms with Crippen molar-refractivity contribution < 1.29 is 24.2 Å². The number of anilines is 1. The molecule has 1 aliphatic carbocycles. The first-order valence-electron chi connectivity index (χ1n) is 11.4. The molecule has 2 N–H and O–H groups in total. The number of amides is 1. The second-order valence-corrected chi connectivity index (χ2v) is 9.05. The van der Waals surface area contributed by atoms with Crippen LogP contribution >= 0.6 is 0 Å². The van der Waals surface area contributed by atoms with Gasteiger partial charge in [-0.3, -0.25) is 14.4 Å². The summed E-state index contributed by atoms with van der Waals surface area (Å²) in [5.41, 5.74) is 4.51. The Kier molecular flexibility index (Phi) is 5.65. The number of rotatable bonds is 5. The van der Waals surface area contributed by atoms with Crippen LogP contribution in [0.1, 0.15) is 30.4 Å². The average Bonchev–Trinajstić information content (AvgIpc) is 2.82. The summed E-state index contributed by atoms with van der Waals surface area (Å²) in [5, 5.41) is 12.6. The number of carbonyl (C=O) groups excluding carboxylic acids is 2.